The molecule has 0 saturated carbocycles. The monoisotopic (exact) mass is 333 g/mol. The van der Waals surface area contributed by atoms with Gasteiger partial charge in [-0.3, -0.25) is 0 Å². The van der Waals surface area contributed by atoms with E-state index in [4.69, 9.17) is 5.73 Å². The summed E-state index contributed by atoms with van der Waals surface area (Å²) in [5.74, 6) is 1.35. The number of anilines is 2. The number of nitrogens with one attached hydrogen (secondary N) is 1. The SMILES string of the molecule is Cc1nc(N)nc(N[C@H](C)c2ccccc2)n1.[CH3-].[Y]. The van der Waals surface area contributed by atoms with Gasteiger partial charge in [0.15, 0.2) is 0 Å². The van der Waals surface area contributed by atoms with Crippen LogP contribution in [0.3, 0.4) is 0 Å². The van der Waals surface area contributed by atoms with Crippen molar-refractivity contribution in [1.82, 2.24) is 15.0 Å². The molecule has 1 radical (unpaired) electrons. The van der Waals surface area contributed by atoms with Crippen LogP contribution < -0.4 is 11.1 Å². The molecule has 0 spiro atoms. The summed E-state index contributed by atoms with van der Waals surface area (Å²) < 4.78 is 0. The van der Waals surface area contributed by atoms with E-state index in [1.165, 1.54) is 5.56 Å². The molecule has 3 N–H and O–H groups in total. The molecule has 0 fully saturated rings. The summed E-state index contributed by atoms with van der Waals surface area (Å²) in [5, 5.41) is 3.20. The van der Waals surface area contributed by atoms with E-state index in [0.29, 0.717) is 11.8 Å². The Hall–Kier alpha value is -1.07. The van der Waals surface area contributed by atoms with Crippen LogP contribution in [0.2, 0.25) is 0 Å². The van der Waals surface area contributed by atoms with Crippen LogP contribution in [0, 0.1) is 14.4 Å². The summed E-state index contributed by atoms with van der Waals surface area (Å²) in [6.07, 6.45) is 0. The molecule has 6 heteroatoms. The number of aryl methyl sites for hydroxylation is 1. The van der Waals surface area contributed by atoms with Crippen molar-refractivity contribution in [3.8, 4) is 0 Å². The third kappa shape index (κ3) is 5.21. The molecule has 99 valence electrons. The van der Waals surface area contributed by atoms with Crippen molar-refractivity contribution in [2.24, 2.45) is 0 Å². The number of nitrogens with zero attached hydrogens (tertiary/aromatic N) is 3. The van der Waals surface area contributed by atoms with Gasteiger partial charge >= 0.3 is 0 Å². The summed E-state index contributed by atoms with van der Waals surface area (Å²) in [6.45, 7) is 3.83. The van der Waals surface area contributed by atoms with E-state index in [9.17, 15) is 0 Å². The second-order valence-electron chi connectivity index (χ2n) is 3.84. The minimum atomic E-state index is 0. The summed E-state index contributed by atoms with van der Waals surface area (Å²) in [5.41, 5.74) is 6.74. The number of rotatable bonds is 3. The van der Waals surface area contributed by atoms with Crippen molar-refractivity contribution in [1.29, 1.82) is 0 Å². The number of nitrogens with two attached hydrogens (primary N) is 1. The third-order valence-corrected chi connectivity index (χ3v) is 2.41. The van der Waals surface area contributed by atoms with Crippen LogP contribution in [-0.2, 0) is 32.7 Å². The molecule has 0 aliphatic heterocycles. The molecule has 1 aromatic carbocycles. The van der Waals surface area contributed by atoms with E-state index in [-0.39, 0.29) is 52.1 Å². The van der Waals surface area contributed by atoms with Gasteiger partial charge in [-0.15, -0.1) is 0 Å². The Kier molecular flexibility index (Phi) is 7.72. The zero-order valence-corrected chi connectivity index (χ0v) is 14.3. The van der Waals surface area contributed by atoms with Crippen molar-refractivity contribution in [2.75, 3.05) is 11.1 Å². The molecule has 1 aromatic heterocycles. The molecule has 5 nitrogen and oxygen atoms in total. The first-order valence-corrected chi connectivity index (χ1v) is 5.45. The van der Waals surface area contributed by atoms with Gasteiger partial charge in [0, 0.05) is 32.7 Å². The van der Waals surface area contributed by atoms with Crippen LogP contribution in [0.5, 0.6) is 0 Å². The molecule has 1 atom stereocenters. The van der Waals surface area contributed by atoms with Crippen LogP contribution in [0.25, 0.3) is 0 Å². The molecular weight excluding hydrogens is 315 g/mol. The molecule has 0 aliphatic rings. The van der Waals surface area contributed by atoms with Crippen molar-refractivity contribution < 1.29 is 32.7 Å². The number of benzene rings is 1. The fraction of sp³-hybridized carbons (Fsp3) is 0.231. The van der Waals surface area contributed by atoms with E-state index in [1.807, 2.05) is 25.1 Å². The fourth-order valence-electron chi connectivity index (χ4n) is 1.59. The zero-order chi connectivity index (χ0) is 12.3. The van der Waals surface area contributed by atoms with Crippen molar-refractivity contribution in [3.63, 3.8) is 0 Å². The van der Waals surface area contributed by atoms with Crippen LogP contribution in [-0.4, -0.2) is 15.0 Å². The quantitative estimate of drug-likeness (QED) is 0.844. The van der Waals surface area contributed by atoms with Crippen LogP contribution in [0.15, 0.2) is 30.3 Å². The van der Waals surface area contributed by atoms with Gasteiger partial charge in [-0.05, 0) is 19.4 Å². The Morgan fingerprint density at radius 1 is 1.11 bits per heavy atom. The molecule has 0 bridgehead atoms. The normalized spacial score (nSPS) is 10.8. The molecule has 0 unspecified atom stereocenters. The van der Waals surface area contributed by atoms with Crippen LogP contribution in [0.4, 0.5) is 11.9 Å². The maximum absolute atomic E-state index is 5.57. The van der Waals surface area contributed by atoms with E-state index >= 15 is 0 Å². The summed E-state index contributed by atoms with van der Waals surface area (Å²) in [6, 6.07) is 10.2. The average molecular weight is 333 g/mol. The van der Waals surface area contributed by atoms with E-state index in [2.05, 4.69) is 32.4 Å². The molecule has 0 saturated heterocycles. The van der Waals surface area contributed by atoms with Crippen molar-refractivity contribution >= 4 is 11.9 Å². The molecule has 19 heavy (non-hydrogen) atoms. The average Bonchev–Trinajstić information content (AvgIpc) is 2.28. The smallest absolute Gasteiger partial charge is 0.228 e. The molecular formula is C13H18N5Y-. The topological polar surface area (TPSA) is 76.7 Å². The van der Waals surface area contributed by atoms with Gasteiger partial charge in [-0.1, -0.05) is 30.3 Å². The maximum Gasteiger partial charge on any atom is 0.228 e. The Morgan fingerprint density at radius 3 is 2.32 bits per heavy atom. The standard InChI is InChI=1S/C12H15N5.CH3.Y/c1-8(10-6-4-3-5-7-10)14-12-16-9(2)15-11(13)17-12;;/h3-8H,1-2H3,(H3,13,14,15,16,17);1H3;/q;-1;/t8-;;/m1../s1. The Balaban J connectivity index is 0.00000162. The predicted octanol–water partition coefficient (Wildman–Crippen LogP) is 2.38. The number of nitrogen functional groups attached to an aromatic ring is 1. The van der Waals surface area contributed by atoms with E-state index in [0.717, 1.165) is 0 Å². The maximum atomic E-state index is 5.57. The Labute approximate surface area is 139 Å². The van der Waals surface area contributed by atoms with Crippen LogP contribution in [0.1, 0.15) is 24.4 Å². The van der Waals surface area contributed by atoms with Gasteiger partial charge in [0.2, 0.25) is 11.9 Å². The predicted molar refractivity (Wildman–Crippen MR) is 73.9 cm³/mol. The molecule has 1 heterocycles. The zero-order valence-electron chi connectivity index (χ0n) is 11.5. The Bertz CT molecular complexity index is 483. The largest absolute Gasteiger partial charge is 0.368 e. The number of hydrogen-bond donors (Lipinski definition) is 2. The van der Waals surface area contributed by atoms with Gasteiger partial charge < -0.3 is 18.5 Å². The first-order chi connectivity index (χ1) is 8.15. The van der Waals surface area contributed by atoms with Gasteiger partial charge in [0.05, 0.1) is 6.04 Å². The minimum Gasteiger partial charge on any atom is -0.368 e. The summed E-state index contributed by atoms with van der Waals surface area (Å²) in [4.78, 5) is 12.2. The number of hydrogen-bond acceptors (Lipinski definition) is 5. The molecule has 2 aromatic rings. The van der Waals surface area contributed by atoms with Gasteiger partial charge in [-0.25, -0.2) is 0 Å². The summed E-state index contributed by atoms with van der Waals surface area (Å²) in [7, 11) is 0. The molecule has 0 amide bonds. The molecule has 2 rings (SSSR count). The second kappa shape index (κ2) is 8.17. The van der Waals surface area contributed by atoms with Crippen molar-refractivity contribution in [3.05, 3.63) is 49.1 Å². The van der Waals surface area contributed by atoms with Gasteiger partial charge in [-0.2, -0.15) is 15.0 Å². The van der Waals surface area contributed by atoms with Crippen LogP contribution >= 0.6 is 0 Å². The molecule has 0 aliphatic carbocycles. The fourth-order valence-corrected chi connectivity index (χ4v) is 1.59. The minimum absolute atomic E-state index is 0. The third-order valence-electron chi connectivity index (χ3n) is 2.41. The Morgan fingerprint density at radius 2 is 1.74 bits per heavy atom. The van der Waals surface area contributed by atoms with E-state index < -0.39 is 0 Å². The number of aromatic nitrogens is 3. The van der Waals surface area contributed by atoms with Gasteiger partial charge in [0.25, 0.3) is 0 Å². The van der Waals surface area contributed by atoms with Crippen molar-refractivity contribution in [2.45, 2.75) is 19.9 Å². The second-order valence-corrected chi connectivity index (χ2v) is 3.84. The van der Waals surface area contributed by atoms with E-state index in [1.54, 1.807) is 6.92 Å². The first kappa shape index (κ1) is 17.9. The van der Waals surface area contributed by atoms with Gasteiger partial charge in [0.1, 0.15) is 5.82 Å². The first-order valence-electron chi connectivity index (χ1n) is 5.45. The summed E-state index contributed by atoms with van der Waals surface area (Å²) >= 11 is 0.